The third-order valence-electron chi connectivity index (χ3n) is 1.65. The van der Waals surface area contributed by atoms with Crippen molar-refractivity contribution < 1.29 is 0 Å². The first-order valence-corrected chi connectivity index (χ1v) is 3.98. The monoisotopic (exact) mass is 165 g/mol. The van der Waals surface area contributed by atoms with Gasteiger partial charge >= 0.3 is 0 Å². The summed E-state index contributed by atoms with van der Waals surface area (Å²) in [6, 6.07) is 5.90. The van der Waals surface area contributed by atoms with Crippen LogP contribution in [0.1, 0.15) is 18.1 Å². The number of aryl methyl sites for hydroxylation is 1. The second kappa shape index (κ2) is 3.59. The van der Waals surface area contributed by atoms with Crippen LogP contribution in [-0.2, 0) is 6.42 Å². The van der Waals surface area contributed by atoms with Crippen LogP contribution in [0.25, 0.3) is 0 Å². The summed E-state index contributed by atoms with van der Waals surface area (Å²) in [7, 11) is 0. The van der Waals surface area contributed by atoms with E-state index in [1.807, 2.05) is 18.2 Å². The Balaban J connectivity index is 3.20. The van der Waals surface area contributed by atoms with Crippen molar-refractivity contribution in [3.8, 4) is 0 Å². The molecule has 0 N–H and O–H groups in total. The molecular formula is C10H10Cl. The van der Waals surface area contributed by atoms with E-state index in [-0.39, 0.29) is 0 Å². The molecule has 1 aromatic rings. The maximum Gasteiger partial charge on any atom is 0.0516 e. The van der Waals surface area contributed by atoms with Gasteiger partial charge in [0.1, 0.15) is 0 Å². The molecule has 57 valence electrons. The second-order valence-corrected chi connectivity index (χ2v) is 2.69. The molecule has 0 aliphatic rings. The molecule has 0 amide bonds. The summed E-state index contributed by atoms with van der Waals surface area (Å²) < 4.78 is 0. The van der Waals surface area contributed by atoms with Crippen LogP contribution < -0.4 is 0 Å². The molecule has 1 radical (unpaired) electrons. The molecule has 0 aromatic heterocycles. The minimum absolute atomic E-state index is 0.782. The van der Waals surface area contributed by atoms with Gasteiger partial charge in [-0.3, -0.25) is 0 Å². The molecule has 1 heteroatoms. The molecule has 1 rings (SSSR count). The number of rotatable bonds is 2. The Kier molecular flexibility index (Phi) is 2.72. The minimum Gasteiger partial charge on any atom is -0.0905 e. The molecule has 11 heavy (non-hydrogen) atoms. The van der Waals surface area contributed by atoms with Gasteiger partial charge in [0.05, 0.1) is 5.02 Å². The first kappa shape index (κ1) is 8.35. The largest absolute Gasteiger partial charge is 0.0905 e. The third kappa shape index (κ3) is 1.63. The van der Waals surface area contributed by atoms with E-state index < -0.39 is 0 Å². The van der Waals surface area contributed by atoms with Gasteiger partial charge in [0, 0.05) is 5.56 Å². The molecule has 0 atom stereocenters. The lowest BCUT2D eigenvalue weighted by Gasteiger charge is -2.02. The van der Waals surface area contributed by atoms with Crippen molar-refractivity contribution in [2.45, 2.75) is 13.3 Å². The number of hydrogen-bond donors (Lipinski definition) is 0. The van der Waals surface area contributed by atoms with Crippen molar-refractivity contribution in [1.29, 1.82) is 0 Å². The third-order valence-corrected chi connectivity index (χ3v) is 2.10. The molecule has 0 bridgehead atoms. The highest BCUT2D eigenvalue weighted by atomic mass is 35.5. The molecule has 0 nitrogen and oxygen atoms in total. The fourth-order valence-corrected chi connectivity index (χ4v) is 1.32. The summed E-state index contributed by atoms with van der Waals surface area (Å²) in [6.45, 7) is 5.64. The van der Waals surface area contributed by atoms with Gasteiger partial charge in [-0.1, -0.05) is 43.3 Å². The molecule has 0 aliphatic heterocycles. The zero-order valence-corrected chi connectivity index (χ0v) is 7.28. The van der Waals surface area contributed by atoms with Gasteiger partial charge < -0.3 is 0 Å². The lowest BCUT2D eigenvalue weighted by atomic mass is 10.1. The lowest BCUT2D eigenvalue weighted by Crippen LogP contribution is -1.84. The van der Waals surface area contributed by atoms with Gasteiger partial charge in [-0.15, -0.1) is 0 Å². The fourth-order valence-electron chi connectivity index (χ4n) is 0.989. The van der Waals surface area contributed by atoms with Crippen molar-refractivity contribution in [3.63, 3.8) is 0 Å². The van der Waals surface area contributed by atoms with Crippen LogP contribution in [0.2, 0.25) is 5.02 Å². The highest BCUT2D eigenvalue weighted by Crippen LogP contribution is 2.20. The predicted molar refractivity (Wildman–Crippen MR) is 48.8 cm³/mol. The number of hydrogen-bond acceptors (Lipinski definition) is 0. The van der Waals surface area contributed by atoms with Crippen LogP contribution in [0, 0.1) is 6.08 Å². The Morgan fingerprint density at radius 1 is 1.55 bits per heavy atom. The highest BCUT2D eigenvalue weighted by Gasteiger charge is 2.00. The van der Waals surface area contributed by atoms with E-state index in [1.54, 1.807) is 0 Å². The van der Waals surface area contributed by atoms with E-state index in [1.165, 1.54) is 0 Å². The second-order valence-electron chi connectivity index (χ2n) is 2.31. The van der Waals surface area contributed by atoms with Crippen molar-refractivity contribution in [2.24, 2.45) is 0 Å². The zero-order valence-electron chi connectivity index (χ0n) is 6.52. The number of benzene rings is 1. The molecule has 0 aliphatic carbocycles. The lowest BCUT2D eigenvalue weighted by molar-refractivity contribution is 1.14. The minimum atomic E-state index is 0.782. The summed E-state index contributed by atoms with van der Waals surface area (Å²) in [5, 5.41) is 0.782. The predicted octanol–water partition coefficient (Wildman–Crippen LogP) is 3.24. The summed E-state index contributed by atoms with van der Waals surface area (Å²) >= 11 is 6.01. The van der Waals surface area contributed by atoms with E-state index >= 15 is 0 Å². The van der Waals surface area contributed by atoms with Gasteiger partial charge in [-0.05, 0) is 18.1 Å². The maximum absolute atomic E-state index is 6.01. The van der Waals surface area contributed by atoms with E-state index in [0.29, 0.717) is 0 Å². The molecule has 0 fully saturated rings. The molecule has 0 heterocycles. The normalized spacial score (nSPS) is 9.64. The summed E-state index contributed by atoms with van der Waals surface area (Å²) in [6.07, 6.45) is 3.74. The van der Waals surface area contributed by atoms with E-state index in [4.69, 9.17) is 11.6 Å². The van der Waals surface area contributed by atoms with Crippen molar-refractivity contribution in [1.82, 2.24) is 0 Å². The Morgan fingerprint density at radius 2 is 2.27 bits per heavy atom. The summed E-state index contributed by atoms with van der Waals surface area (Å²) in [4.78, 5) is 0. The van der Waals surface area contributed by atoms with E-state index in [0.717, 1.165) is 22.6 Å². The average Bonchev–Trinajstić information content (AvgIpc) is 2.05. The van der Waals surface area contributed by atoms with Crippen LogP contribution in [0.3, 0.4) is 0 Å². The van der Waals surface area contributed by atoms with Gasteiger partial charge in [-0.2, -0.15) is 0 Å². The SMILES string of the molecule is C=[C]c1cccc(CC)c1Cl. The molecule has 0 unspecified atom stereocenters. The van der Waals surface area contributed by atoms with Crippen molar-refractivity contribution in [3.05, 3.63) is 47.0 Å². The van der Waals surface area contributed by atoms with Crippen LogP contribution in [0.4, 0.5) is 0 Å². The van der Waals surface area contributed by atoms with Crippen molar-refractivity contribution in [2.75, 3.05) is 0 Å². The Morgan fingerprint density at radius 3 is 2.82 bits per heavy atom. The van der Waals surface area contributed by atoms with E-state index in [2.05, 4.69) is 19.6 Å². The summed E-state index contributed by atoms with van der Waals surface area (Å²) in [5.41, 5.74) is 2.05. The van der Waals surface area contributed by atoms with Crippen LogP contribution >= 0.6 is 11.6 Å². The maximum atomic E-state index is 6.01. The molecular weight excluding hydrogens is 156 g/mol. The zero-order chi connectivity index (χ0) is 8.27. The van der Waals surface area contributed by atoms with Gasteiger partial charge in [0.25, 0.3) is 0 Å². The average molecular weight is 166 g/mol. The topological polar surface area (TPSA) is 0 Å². The van der Waals surface area contributed by atoms with Crippen LogP contribution in [0.5, 0.6) is 0 Å². The van der Waals surface area contributed by atoms with Crippen LogP contribution in [0.15, 0.2) is 24.8 Å². The van der Waals surface area contributed by atoms with Gasteiger partial charge in [0.2, 0.25) is 0 Å². The smallest absolute Gasteiger partial charge is 0.0516 e. The molecule has 0 saturated carbocycles. The molecule has 0 spiro atoms. The molecule has 1 aromatic carbocycles. The van der Waals surface area contributed by atoms with E-state index in [9.17, 15) is 0 Å². The quantitative estimate of drug-likeness (QED) is 0.631. The van der Waals surface area contributed by atoms with Gasteiger partial charge in [-0.25, -0.2) is 0 Å². The highest BCUT2D eigenvalue weighted by molar-refractivity contribution is 6.32. The summed E-state index contributed by atoms with van der Waals surface area (Å²) in [5.74, 6) is 0. The Bertz CT molecular complexity index is 264. The standard InChI is InChI=1S/C10H10Cl/c1-3-8-6-5-7-9(4-2)10(8)11/h5-7H,1,4H2,2H3. The first-order valence-electron chi connectivity index (χ1n) is 3.60. The fraction of sp³-hybridized carbons (Fsp3) is 0.200. The number of halogens is 1. The first-order chi connectivity index (χ1) is 5.29. The Hall–Kier alpha value is -0.750. The molecule has 0 saturated heterocycles. The van der Waals surface area contributed by atoms with Crippen LogP contribution in [-0.4, -0.2) is 0 Å². The Labute approximate surface area is 72.5 Å². The van der Waals surface area contributed by atoms with Gasteiger partial charge in [0.15, 0.2) is 0 Å². The van der Waals surface area contributed by atoms with Crippen molar-refractivity contribution >= 4 is 11.6 Å².